The topological polar surface area (TPSA) is 86.7 Å². The van der Waals surface area contributed by atoms with Gasteiger partial charge in [-0.3, -0.25) is 4.79 Å². The molecule has 1 unspecified atom stereocenters. The van der Waals surface area contributed by atoms with Crippen LogP contribution in [0.1, 0.15) is 20.8 Å². The highest BCUT2D eigenvalue weighted by atomic mass is 32.2. The van der Waals surface area contributed by atoms with Gasteiger partial charge in [0, 0.05) is 13.1 Å². The van der Waals surface area contributed by atoms with Crippen molar-refractivity contribution in [2.45, 2.75) is 32.9 Å². The lowest BCUT2D eigenvalue weighted by molar-refractivity contribution is -0.140. The van der Waals surface area contributed by atoms with E-state index in [1.807, 2.05) is 0 Å². The van der Waals surface area contributed by atoms with Crippen LogP contribution in [-0.2, 0) is 15.0 Å². The summed E-state index contributed by atoms with van der Waals surface area (Å²) in [5.41, 5.74) is 0. The number of carbonyl (C=O) groups is 1. The maximum absolute atomic E-state index is 11.4. The highest BCUT2D eigenvalue weighted by Gasteiger charge is 2.27. The standard InChI is InChI=1S/C7H16N2O4S/c1-5(2)8-14(12,13)9(4)6(3)7(10)11/h5-6,8H,1-4H3,(H,10,11). The lowest BCUT2D eigenvalue weighted by Gasteiger charge is -2.22. The smallest absolute Gasteiger partial charge is 0.321 e. The summed E-state index contributed by atoms with van der Waals surface area (Å²) in [5, 5.41) is 8.62. The molecule has 0 aromatic carbocycles. The van der Waals surface area contributed by atoms with E-state index in [0.29, 0.717) is 0 Å². The summed E-state index contributed by atoms with van der Waals surface area (Å²) in [4.78, 5) is 10.5. The molecule has 0 amide bonds. The molecular weight excluding hydrogens is 208 g/mol. The second-order valence-corrected chi connectivity index (χ2v) is 5.07. The Kier molecular flexibility index (Phi) is 4.50. The number of likely N-dealkylation sites (N-methyl/N-ethyl adjacent to an activating group) is 1. The third kappa shape index (κ3) is 3.60. The number of carboxylic acid groups (broad SMARTS) is 1. The number of hydrogen-bond donors (Lipinski definition) is 2. The van der Waals surface area contributed by atoms with E-state index in [0.717, 1.165) is 4.31 Å². The van der Waals surface area contributed by atoms with Crippen LogP contribution in [0.4, 0.5) is 0 Å². The van der Waals surface area contributed by atoms with Gasteiger partial charge in [0.15, 0.2) is 0 Å². The van der Waals surface area contributed by atoms with E-state index in [-0.39, 0.29) is 6.04 Å². The molecule has 6 nitrogen and oxygen atoms in total. The van der Waals surface area contributed by atoms with E-state index >= 15 is 0 Å². The molecule has 0 aromatic heterocycles. The van der Waals surface area contributed by atoms with E-state index in [2.05, 4.69) is 4.72 Å². The third-order valence-corrected chi connectivity index (χ3v) is 3.51. The van der Waals surface area contributed by atoms with Crippen LogP contribution in [0.5, 0.6) is 0 Å². The van der Waals surface area contributed by atoms with Crippen molar-refractivity contribution in [1.29, 1.82) is 0 Å². The predicted molar refractivity (Wildman–Crippen MR) is 52.1 cm³/mol. The van der Waals surface area contributed by atoms with Crippen LogP contribution in [-0.4, -0.2) is 42.9 Å². The Bertz CT molecular complexity index is 299. The molecule has 0 heterocycles. The van der Waals surface area contributed by atoms with Crippen molar-refractivity contribution in [3.8, 4) is 0 Å². The van der Waals surface area contributed by atoms with Gasteiger partial charge in [0.1, 0.15) is 6.04 Å². The Morgan fingerprint density at radius 3 is 2.07 bits per heavy atom. The first-order valence-corrected chi connectivity index (χ1v) is 5.60. The molecule has 14 heavy (non-hydrogen) atoms. The van der Waals surface area contributed by atoms with E-state index in [1.165, 1.54) is 14.0 Å². The number of hydrogen-bond acceptors (Lipinski definition) is 3. The summed E-state index contributed by atoms with van der Waals surface area (Å²) in [7, 11) is -2.48. The first-order chi connectivity index (χ1) is 6.18. The van der Waals surface area contributed by atoms with Gasteiger partial charge >= 0.3 is 5.97 Å². The molecule has 0 aliphatic heterocycles. The van der Waals surface area contributed by atoms with Crippen molar-refractivity contribution in [3.63, 3.8) is 0 Å². The van der Waals surface area contributed by atoms with E-state index in [1.54, 1.807) is 13.8 Å². The van der Waals surface area contributed by atoms with Crippen LogP contribution in [0.2, 0.25) is 0 Å². The number of nitrogens with one attached hydrogen (secondary N) is 1. The second kappa shape index (κ2) is 4.72. The zero-order valence-corrected chi connectivity index (χ0v) is 9.50. The molecule has 0 spiro atoms. The molecule has 7 heteroatoms. The summed E-state index contributed by atoms with van der Waals surface area (Å²) in [6.45, 7) is 4.63. The average molecular weight is 224 g/mol. The number of aliphatic carboxylic acids is 1. The zero-order chi connectivity index (χ0) is 11.5. The van der Waals surface area contributed by atoms with Crippen LogP contribution in [0.15, 0.2) is 0 Å². The van der Waals surface area contributed by atoms with Crippen molar-refractivity contribution >= 4 is 16.2 Å². The van der Waals surface area contributed by atoms with Gasteiger partial charge in [-0.2, -0.15) is 17.4 Å². The van der Waals surface area contributed by atoms with Crippen LogP contribution in [0.3, 0.4) is 0 Å². The molecular formula is C7H16N2O4S. The largest absolute Gasteiger partial charge is 0.480 e. The minimum Gasteiger partial charge on any atom is -0.480 e. The molecule has 2 N–H and O–H groups in total. The lowest BCUT2D eigenvalue weighted by Crippen LogP contribution is -2.48. The fourth-order valence-corrected chi connectivity index (χ4v) is 2.01. The highest BCUT2D eigenvalue weighted by molar-refractivity contribution is 7.87. The van der Waals surface area contributed by atoms with Crippen molar-refractivity contribution < 1.29 is 18.3 Å². The van der Waals surface area contributed by atoms with Gasteiger partial charge in [-0.15, -0.1) is 0 Å². The quantitative estimate of drug-likeness (QED) is 0.667. The molecule has 1 atom stereocenters. The monoisotopic (exact) mass is 224 g/mol. The molecule has 0 aliphatic rings. The van der Waals surface area contributed by atoms with Crippen LogP contribution < -0.4 is 4.72 Å². The summed E-state index contributed by atoms with van der Waals surface area (Å²) < 4.78 is 26.0. The average Bonchev–Trinajstić information content (AvgIpc) is 1.99. The SMILES string of the molecule is CC(C)NS(=O)(=O)N(C)C(C)C(=O)O. The highest BCUT2D eigenvalue weighted by Crippen LogP contribution is 2.02. The lowest BCUT2D eigenvalue weighted by atomic mass is 10.4. The Labute approximate surface area is 84.1 Å². The van der Waals surface area contributed by atoms with E-state index in [9.17, 15) is 13.2 Å². The summed E-state index contributed by atoms with van der Waals surface area (Å²) in [6, 6.07) is -1.34. The number of nitrogens with zero attached hydrogens (tertiary/aromatic N) is 1. The van der Waals surface area contributed by atoms with Crippen molar-refractivity contribution in [3.05, 3.63) is 0 Å². The Morgan fingerprint density at radius 2 is 1.79 bits per heavy atom. The Morgan fingerprint density at radius 1 is 1.36 bits per heavy atom. The van der Waals surface area contributed by atoms with Gasteiger partial charge in [-0.1, -0.05) is 0 Å². The number of rotatable bonds is 5. The maximum atomic E-state index is 11.4. The van der Waals surface area contributed by atoms with E-state index < -0.39 is 22.2 Å². The molecule has 0 saturated carbocycles. The van der Waals surface area contributed by atoms with Crippen LogP contribution in [0.25, 0.3) is 0 Å². The summed E-state index contributed by atoms with van der Waals surface area (Å²) in [5.74, 6) is -1.18. The molecule has 0 saturated heterocycles. The zero-order valence-electron chi connectivity index (χ0n) is 8.68. The Hall–Kier alpha value is -0.660. The van der Waals surface area contributed by atoms with Crippen molar-refractivity contribution in [2.24, 2.45) is 0 Å². The normalized spacial score (nSPS) is 14.7. The van der Waals surface area contributed by atoms with Gasteiger partial charge < -0.3 is 5.11 Å². The van der Waals surface area contributed by atoms with Gasteiger partial charge in [-0.25, -0.2) is 0 Å². The number of carboxylic acids is 1. The first-order valence-electron chi connectivity index (χ1n) is 4.16. The molecule has 0 fully saturated rings. The molecule has 0 bridgehead atoms. The first kappa shape index (κ1) is 13.3. The summed E-state index contributed by atoms with van der Waals surface area (Å²) >= 11 is 0. The molecule has 0 radical (unpaired) electrons. The Balaban J connectivity index is 4.67. The molecule has 0 aromatic rings. The second-order valence-electron chi connectivity index (χ2n) is 3.31. The van der Waals surface area contributed by atoms with Crippen molar-refractivity contribution in [1.82, 2.24) is 9.03 Å². The maximum Gasteiger partial charge on any atom is 0.321 e. The van der Waals surface area contributed by atoms with Crippen molar-refractivity contribution in [2.75, 3.05) is 7.05 Å². The predicted octanol–water partition coefficient (Wildman–Crippen LogP) is -0.366. The van der Waals surface area contributed by atoms with E-state index in [4.69, 9.17) is 5.11 Å². The minimum atomic E-state index is -3.70. The molecule has 0 aliphatic carbocycles. The third-order valence-electron chi connectivity index (χ3n) is 1.67. The molecule has 84 valence electrons. The summed E-state index contributed by atoms with van der Waals surface area (Å²) in [6.07, 6.45) is 0. The van der Waals surface area contributed by atoms with Gasteiger partial charge in [-0.05, 0) is 20.8 Å². The van der Waals surface area contributed by atoms with Gasteiger partial charge in [0.2, 0.25) is 0 Å². The van der Waals surface area contributed by atoms with Crippen LogP contribution in [0, 0.1) is 0 Å². The fraction of sp³-hybridized carbons (Fsp3) is 0.857. The minimum absolute atomic E-state index is 0.261. The van der Waals surface area contributed by atoms with Gasteiger partial charge in [0.25, 0.3) is 10.2 Å². The molecule has 0 rings (SSSR count). The van der Waals surface area contributed by atoms with Crippen LogP contribution >= 0.6 is 0 Å². The van der Waals surface area contributed by atoms with Gasteiger partial charge in [0.05, 0.1) is 0 Å². The fourth-order valence-electron chi connectivity index (χ4n) is 0.745.